The molecule has 2 rings (SSSR count). The fraction of sp³-hybridized carbons (Fsp3) is 0.417. The molecule has 0 bridgehead atoms. The van der Waals surface area contributed by atoms with Crippen LogP contribution in [0.4, 0.5) is 0 Å². The van der Waals surface area contributed by atoms with E-state index in [0.717, 1.165) is 19.6 Å². The van der Waals surface area contributed by atoms with Gasteiger partial charge < -0.3 is 10.2 Å². The first-order valence-electron chi connectivity index (χ1n) is 5.51. The molecule has 1 aliphatic heterocycles. The summed E-state index contributed by atoms with van der Waals surface area (Å²) in [5.41, 5.74) is 0.591. The van der Waals surface area contributed by atoms with E-state index < -0.39 is 0 Å². The number of carbonyl (C=O) groups is 1. The molecule has 4 nitrogen and oxygen atoms in total. The largest absolute Gasteiger partial charge is 0.364 e. The molecule has 0 amide bonds. The second kappa shape index (κ2) is 5.09. The molecule has 1 N–H and O–H groups in total. The number of rotatable bonds is 2. The van der Waals surface area contributed by atoms with Gasteiger partial charge in [0.2, 0.25) is 0 Å². The molecule has 16 heavy (non-hydrogen) atoms. The van der Waals surface area contributed by atoms with Crippen molar-refractivity contribution < 1.29 is 9.63 Å². The third-order valence-corrected chi connectivity index (χ3v) is 2.55. The Morgan fingerprint density at radius 1 is 1.44 bits per heavy atom. The number of hydrogen-bond donors (Lipinski definition) is 1. The highest BCUT2D eigenvalue weighted by atomic mass is 16.7. The van der Waals surface area contributed by atoms with Gasteiger partial charge >= 0.3 is 5.97 Å². The first-order valence-corrected chi connectivity index (χ1v) is 5.51. The fourth-order valence-corrected chi connectivity index (χ4v) is 1.72. The Kier molecular flexibility index (Phi) is 3.54. The minimum absolute atomic E-state index is 0.283. The Morgan fingerprint density at radius 2 is 2.19 bits per heavy atom. The molecule has 1 aliphatic rings. The van der Waals surface area contributed by atoms with Crippen molar-refractivity contribution in [3.05, 3.63) is 35.9 Å². The summed E-state index contributed by atoms with van der Waals surface area (Å²) in [6.07, 6.45) is 0. The van der Waals surface area contributed by atoms with Crippen LogP contribution >= 0.6 is 0 Å². The second-order valence-electron chi connectivity index (χ2n) is 3.99. The van der Waals surface area contributed by atoms with Crippen LogP contribution < -0.4 is 5.32 Å². The normalized spacial score (nSPS) is 21.7. The van der Waals surface area contributed by atoms with E-state index in [1.165, 1.54) is 0 Å². The monoisotopic (exact) mass is 220 g/mol. The summed E-state index contributed by atoms with van der Waals surface area (Å²) < 4.78 is 0. The van der Waals surface area contributed by atoms with E-state index in [9.17, 15) is 4.79 Å². The summed E-state index contributed by atoms with van der Waals surface area (Å²) in [6, 6.07) is 9.41. The van der Waals surface area contributed by atoms with Gasteiger partial charge in [-0.3, -0.25) is 0 Å². The highest BCUT2D eigenvalue weighted by Gasteiger charge is 2.19. The summed E-state index contributed by atoms with van der Waals surface area (Å²) in [6.45, 7) is 4.40. The molecule has 1 aromatic carbocycles. The minimum Gasteiger partial charge on any atom is -0.364 e. The van der Waals surface area contributed by atoms with Gasteiger partial charge in [0.05, 0.1) is 12.1 Å². The van der Waals surface area contributed by atoms with Crippen molar-refractivity contribution >= 4 is 5.97 Å². The van der Waals surface area contributed by atoms with E-state index in [2.05, 4.69) is 12.2 Å². The molecule has 1 aromatic rings. The molecule has 0 spiro atoms. The molecule has 0 saturated carbocycles. The van der Waals surface area contributed by atoms with Gasteiger partial charge in [-0.05, 0) is 19.1 Å². The molecule has 86 valence electrons. The van der Waals surface area contributed by atoms with E-state index in [1.807, 2.05) is 18.2 Å². The molecule has 1 atom stereocenters. The van der Waals surface area contributed by atoms with Gasteiger partial charge in [-0.25, -0.2) is 4.79 Å². The van der Waals surface area contributed by atoms with Gasteiger partial charge in [0.1, 0.15) is 0 Å². The first kappa shape index (κ1) is 11.1. The van der Waals surface area contributed by atoms with Gasteiger partial charge in [-0.2, -0.15) is 0 Å². The summed E-state index contributed by atoms with van der Waals surface area (Å²) in [4.78, 5) is 17.0. The lowest BCUT2D eigenvalue weighted by atomic mass is 10.2. The molecule has 1 fully saturated rings. The van der Waals surface area contributed by atoms with Crippen molar-refractivity contribution in [3.8, 4) is 0 Å². The highest BCUT2D eigenvalue weighted by Crippen LogP contribution is 2.05. The van der Waals surface area contributed by atoms with Crippen LogP contribution in [-0.2, 0) is 4.84 Å². The van der Waals surface area contributed by atoms with E-state index in [1.54, 1.807) is 17.2 Å². The summed E-state index contributed by atoms with van der Waals surface area (Å²) >= 11 is 0. The second-order valence-corrected chi connectivity index (χ2v) is 3.99. The average Bonchev–Trinajstić information content (AvgIpc) is 2.30. The molecule has 0 aliphatic carbocycles. The topological polar surface area (TPSA) is 41.6 Å². The molecule has 4 heteroatoms. The lowest BCUT2D eigenvalue weighted by Crippen LogP contribution is -2.49. The van der Waals surface area contributed by atoms with Crippen LogP contribution in [0.1, 0.15) is 17.3 Å². The van der Waals surface area contributed by atoms with Crippen molar-refractivity contribution in [3.63, 3.8) is 0 Å². The van der Waals surface area contributed by atoms with Gasteiger partial charge in [-0.15, -0.1) is 5.06 Å². The van der Waals surface area contributed by atoms with Gasteiger partial charge in [0.15, 0.2) is 0 Å². The maximum Gasteiger partial charge on any atom is 0.357 e. The molecular weight excluding hydrogens is 204 g/mol. The summed E-state index contributed by atoms with van der Waals surface area (Å²) in [5.74, 6) is -0.283. The van der Waals surface area contributed by atoms with Crippen LogP contribution in [0.15, 0.2) is 30.3 Å². The van der Waals surface area contributed by atoms with Crippen LogP contribution in [0.5, 0.6) is 0 Å². The first-order chi connectivity index (χ1) is 7.75. The molecule has 1 saturated heterocycles. The maximum absolute atomic E-state index is 11.7. The SMILES string of the molecule is CC1CN(OC(=O)c2ccccc2)CCN1. The number of benzene rings is 1. The zero-order chi connectivity index (χ0) is 11.4. The number of hydroxylamine groups is 2. The van der Waals surface area contributed by atoms with E-state index in [-0.39, 0.29) is 5.97 Å². The summed E-state index contributed by atoms with van der Waals surface area (Å²) in [7, 11) is 0. The van der Waals surface area contributed by atoms with E-state index >= 15 is 0 Å². The quantitative estimate of drug-likeness (QED) is 0.809. The molecule has 1 heterocycles. The Morgan fingerprint density at radius 3 is 2.88 bits per heavy atom. The van der Waals surface area contributed by atoms with Gasteiger partial charge in [0.25, 0.3) is 0 Å². The van der Waals surface area contributed by atoms with Gasteiger partial charge in [-0.1, -0.05) is 18.2 Å². The Bertz CT molecular complexity index is 353. The lowest BCUT2D eigenvalue weighted by molar-refractivity contribution is -0.122. The Labute approximate surface area is 95.2 Å². The number of nitrogens with one attached hydrogen (secondary N) is 1. The zero-order valence-corrected chi connectivity index (χ0v) is 9.35. The standard InChI is InChI=1S/C12H16N2O2/c1-10-9-14(8-7-13-10)16-12(15)11-5-3-2-4-6-11/h2-6,10,13H,7-9H2,1H3. The van der Waals surface area contributed by atoms with Crippen molar-refractivity contribution in [1.29, 1.82) is 0 Å². The minimum atomic E-state index is -0.283. The predicted molar refractivity (Wildman–Crippen MR) is 60.9 cm³/mol. The molecular formula is C12H16N2O2. The Hall–Kier alpha value is -1.39. The van der Waals surface area contributed by atoms with Crippen LogP contribution in [0.2, 0.25) is 0 Å². The molecule has 0 radical (unpaired) electrons. The number of carbonyl (C=O) groups excluding carboxylic acids is 1. The third-order valence-electron chi connectivity index (χ3n) is 2.55. The third kappa shape index (κ3) is 2.81. The van der Waals surface area contributed by atoms with Crippen LogP contribution in [0.3, 0.4) is 0 Å². The highest BCUT2D eigenvalue weighted by molar-refractivity contribution is 5.89. The fourth-order valence-electron chi connectivity index (χ4n) is 1.72. The zero-order valence-electron chi connectivity index (χ0n) is 9.35. The van der Waals surface area contributed by atoms with Crippen molar-refractivity contribution in [2.75, 3.05) is 19.6 Å². The lowest BCUT2D eigenvalue weighted by Gasteiger charge is -2.30. The molecule has 1 unspecified atom stereocenters. The van der Waals surface area contributed by atoms with Crippen molar-refractivity contribution in [2.24, 2.45) is 0 Å². The number of hydrogen-bond acceptors (Lipinski definition) is 4. The van der Waals surface area contributed by atoms with Crippen molar-refractivity contribution in [1.82, 2.24) is 10.4 Å². The Balaban J connectivity index is 1.92. The van der Waals surface area contributed by atoms with E-state index in [4.69, 9.17) is 4.84 Å². The van der Waals surface area contributed by atoms with Crippen LogP contribution in [-0.4, -0.2) is 36.7 Å². The maximum atomic E-state index is 11.7. The van der Waals surface area contributed by atoms with Gasteiger partial charge in [0, 0.05) is 19.1 Å². The summed E-state index contributed by atoms with van der Waals surface area (Å²) in [5, 5.41) is 5.01. The smallest absolute Gasteiger partial charge is 0.357 e. The van der Waals surface area contributed by atoms with Crippen LogP contribution in [0, 0.1) is 0 Å². The number of nitrogens with zero attached hydrogens (tertiary/aromatic N) is 1. The van der Waals surface area contributed by atoms with Crippen molar-refractivity contribution in [2.45, 2.75) is 13.0 Å². The average molecular weight is 220 g/mol. The van der Waals surface area contributed by atoms with E-state index in [0.29, 0.717) is 11.6 Å². The van der Waals surface area contributed by atoms with Crippen LogP contribution in [0.25, 0.3) is 0 Å². The molecule has 0 aromatic heterocycles. The number of piperazine rings is 1. The predicted octanol–water partition coefficient (Wildman–Crippen LogP) is 1.05.